The Kier molecular flexibility index (Phi) is 21.1. The molecule has 0 aromatic heterocycles. The van der Waals surface area contributed by atoms with Gasteiger partial charge >= 0.3 is 5.97 Å². The average Bonchev–Trinajstić information content (AvgIpc) is 2.62. The molecule has 0 saturated carbocycles. The summed E-state index contributed by atoms with van der Waals surface area (Å²) in [4.78, 5) is 10.4. The minimum atomic E-state index is -0.665. The Bertz CT molecular complexity index is 344. The Balaban J connectivity index is 3.14. The standard InChI is InChI=1S/C24H44O2/c1-2-3-4-5-6-7-8-9-10-11-12-13-14-15-16-17-18-19-20-21-22-23-24(25)26/h7-8,15-16H,2-6,9-14,17-23H2,1H3,(H,25,26). The van der Waals surface area contributed by atoms with Crippen LogP contribution < -0.4 is 0 Å². The van der Waals surface area contributed by atoms with Gasteiger partial charge in [-0.3, -0.25) is 4.79 Å². The van der Waals surface area contributed by atoms with Gasteiger partial charge in [-0.2, -0.15) is 0 Å². The number of allylic oxidation sites excluding steroid dienone is 4. The number of carbonyl (C=O) groups is 1. The van der Waals surface area contributed by atoms with E-state index in [1.807, 2.05) is 0 Å². The molecule has 0 amide bonds. The van der Waals surface area contributed by atoms with Crippen LogP contribution in [0.3, 0.4) is 0 Å². The number of hydrogen-bond donors (Lipinski definition) is 1. The third-order valence-corrected chi connectivity index (χ3v) is 4.81. The van der Waals surface area contributed by atoms with Crippen LogP contribution in [0.25, 0.3) is 0 Å². The maximum absolute atomic E-state index is 10.4. The van der Waals surface area contributed by atoms with E-state index in [4.69, 9.17) is 5.11 Å². The molecule has 0 spiro atoms. The van der Waals surface area contributed by atoms with Crippen LogP contribution >= 0.6 is 0 Å². The highest BCUT2D eigenvalue weighted by Crippen LogP contribution is 2.10. The smallest absolute Gasteiger partial charge is 0.303 e. The minimum absolute atomic E-state index is 0.329. The van der Waals surface area contributed by atoms with E-state index in [1.54, 1.807) is 0 Å². The van der Waals surface area contributed by atoms with Gasteiger partial charge in [-0.05, 0) is 57.8 Å². The zero-order valence-electron chi connectivity index (χ0n) is 17.4. The quantitative estimate of drug-likeness (QED) is 0.174. The van der Waals surface area contributed by atoms with Crippen molar-refractivity contribution in [2.24, 2.45) is 0 Å². The Morgan fingerprint density at radius 3 is 1.31 bits per heavy atom. The van der Waals surface area contributed by atoms with Gasteiger partial charge in [0.05, 0.1) is 0 Å². The van der Waals surface area contributed by atoms with Crippen LogP contribution in [-0.4, -0.2) is 11.1 Å². The van der Waals surface area contributed by atoms with Gasteiger partial charge in [0, 0.05) is 6.42 Å². The molecular formula is C24H44O2. The van der Waals surface area contributed by atoms with E-state index in [0.717, 1.165) is 12.8 Å². The van der Waals surface area contributed by atoms with E-state index < -0.39 is 5.97 Å². The lowest BCUT2D eigenvalue weighted by Gasteiger charge is -1.99. The summed E-state index contributed by atoms with van der Waals surface area (Å²) in [7, 11) is 0. The molecule has 0 aromatic carbocycles. The molecular weight excluding hydrogens is 320 g/mol. The molecule has 0 rings (SSSR count). The van der Waals surface area contributed by atoms with Crippen LogP contribution in [0.5, 0.6) is 0 Å². The summed E-state index contributed by atoms with van der Waals surface area (Å²) in [6.45, 7) is 2.27. The van der Waals surface area contributed by atoms with Gasteiger partial charge in [-0.15, -0.1) is 0 Å². The first-order valence-corrected chi connectivity index (χ1v) is 11.3. The predicted molar refractivity (Wildman–Crippen MR) is 115 cm³/mol. The van der Waals surface area contributed by atoms with Crippen molar-refractivity contribution in [3.63, 3.8) is 0 Å². The van der Waals surface area contributed by atoms with Gasteiger partial charge in [0.25, 0.3) is 0 Å². The molecule has 0 aliphatic heterocycles. The SMILES string of the molecule is CCCCCCC=CCCCCCCC=CCCCCCCCC(=O)O. The fourth-order valence-corrected chi connectivity index (χ4v) is 3.11. The molecule has 0 atom stereocenters. The Labute approximate surface area is 163 Å². The predicted octanol–water partition coefficient (Wildman–Crippen LogP) is 8.23. The molecule has 0 saturated heterocycles. The average molecular weight is 365 g/mol. The van der Waals surface area contributed by atoms with Crippen LogP contribution in [-0.2, 0) is 4.79 Å². The van der Waals surface area contributed by atoms with Crippen LogP contribution in [0.1, 0.15) is 122 Å². The Morgan fingerprint density at radius 1 is 0.577 bits per heavy atom. The first-order chi connectivity index (χ1) is 12.8. The number of carboxylic acids is 1. The first kappa shape index (κ1) is 24.9. The van der Waals surface area contributed by atoms with E-state index in [9.17, 15) is 4.79 Å². The van der Waals surface area contributed by atoms with E-state index in [2.05, 4.69) is 31.2 Å². The Hall–Kier alpha value is -1.05. The second-order valence-corrected chi connectivity index (χ2v) is 7.48. The maximum Gasteiger partial charge on any atom is 0.303 e. The third kappa shape index (κ3) is 22.9. The van der Waals surface area contributed by atoms with Crippen LogP contribution in [0, 0.1) is 0 Å². The normalized spacial score (nSPS) is 11.7. The Morgan fingerprint density at radius 2 is 0.923 bits per heavy atom. The third-order valence-electron chi connectivity index (χ3n) is 4.81. The van der Waals surface area contributed by atoms with E-state index in [-0.39, 0.29) is 0 Å². The van der Waals surface area contributed by atoms with Crippen molar-refractivity contribution in [3.8, 4) is 0 Å². The molecule has 0 aliphatic carbocycles. The highest BCUT2D eigenvalue weighted by molar-refractivity contribution is 5.66. The number of hydrogen-bond acceptors (Lipinski definition) is 1. The number of aliphatic carboxylic acids is 1. The maximum atomic E-state index is 10.4. The van der Waals surface area contributed by atoms with Gasteiger partial charge in [-0.25, -0.2) is 0 Å². The summed E-state index contributed by atoms with van der Waals surface area (Å²) >= 11 is 0. The molecule has 0 radical (unpaired) electrons. The summed E-state index contributed by atoms with van der Waals surface area (Å²) in [6.07, 6.45) is 31.1. The topological polar surface area (TPSA) is 37.3 Å². The molecule has 0 aliphatic rings. The molecule has 0 unspecified atom stereocenters. The van der Waals surface area contributed by atoms with Crippen molar-refractivity contribution >= 4 is 5.97 Å². The first-order valence-electron chi connectivity index (χ1n) is 11.3. The van der Waals surface area contributed by atoms with Gasteiger partial charge in [-0.1, -0.05) is 82.6 Å². The van der Waals surface area contributed by atoms with Crippen LogP contribution in [0.2, 0.25) is 0 Å². The van der Waals surface area contributed by atoms with Crippen molar-refractivity contribution in [1.82, 2.24) is 0 Å². The molecule has 0 aromatic rings. The molecule has 0 fully saturated rings. The monoisotopic (exact) mass is 364 g/mol. The van der Waals surface area contributed by atoms with Crippen molar-refractivity contribution in [2.75, 3.05) is 0 Å². The molecule has 2 nitrogen and oxygen atoms in total. The summed E-state index contributed by atoms with van der Waals surface area (Å²) in [5.74, 6) is -0.665. The largest absolute Gasteiger partial charge is 0.481 e. The van der Waals surface area contributed by atoms with Crippen molar-refractivity contribution in [3.05, 3.63) is 24.3 Å². The van der Waals surface area contributed by atoms with Gasteiger partial charge in [0.15, 0.2) is 0 Å². The molecule has 152 valence electrons. The van der Waals surface area contributed by atoms with Gasteiger partial charge in [0.1, 0.15) is 0 Å². The van der Waals surface area contributed by atoms with Crippen molar-refractivity contribution in [2.45, 2.75) is 122 Å². The zero-order chi connectivity index (χ0) is 19.1. The van der Waals surface area contributed by atoms with Crippen molar-refractivity contribution in [1.29, 1.82) is 0 Å². The molecule has 1 N–H and O–H groups in total. The highest BCUT2D eigenvalue weighted by Gasteiger charge is 1.95. The van der Waals surface area contributed by atoms with Gasteiger partial charge in [0.2, 0.25) is 0 Å². The van der Waals surface area contributed by atoms with E-state index in [0.29, 0.717) is 6.42 Å². The second-order valence-electron chi connectivity index (χ2n) is 7.48. The molecule has 26 heavy (non-hydrogen) atoms. The summed E-state index contributed by atoms with van der Waals surface area (Å²) in [6, 6.07) is 0. The molecule has 0 heterocycles. The number of unbranched alkanes of at least 4 members (excludes halogenated alkanes) is 14. The lowest BCUT2D eigenvalue weighted by Crippen LogP contribution is -1.93. The van der Waals surface area contributed by atoms with Gasteiger partial charge < -0.3 is 5.11 Å². The fourth-order valence-electron chi connectivity index (χ4n) is 3.11. The number of carboxylic acid groups (broad SMARTS) is 1. The summed E-state index contributed by atoms with van der Waals surface area (Å²) < 4.78 is 0. The summed E-state index contributed by atoms with van der Waals surface area (Å²) in [5.41, 5.74) is 0. The van der Waals surface area contributed by atoms with Crippen LogP contribution in [0.15, 0.2) is 24.3 Å². The second kappa shape index (κ2) is 22.0. The van der Waals surface area contributed by atoms with Crippen molar-refractivity contribution < 1.29 is 9.90 Å². The lowest BCUT2D eigenvalue weighted by molar-refractivity contribution is -0.137. The molecule has 2 heteroatoms. The van der Waals surface area contributed by atoms with E-state index >= 15 is 0 Å². The molecule has 0 bridgehead atoms. The highest BCUT2D eigenvalue weighted by atomic mass is 16.4. The summed E-state index contributed by atoms with van der Waals surface area (Å²) in [5, 5.41) is 8.56. The van der Waals surface area contributed by atoms with E-state index in [1.165, 1.54) is 96.3 Å². The fraction of sp³-hybridized carbons (Fsp3) is 0.792. The zero-order valence-corrected chi connectivity index (χ0v) is 17.4. The van der Waals surface area contributed by atoms with Crippen LogP contribution in [0.4, 0.5) is 0 Å². The minimum Gasteiger partial charge on any atom is -0.481 e. The lowest BCUT2D eigenvalue weighted by atomic mass is 10.1. The number of rotatable bonds is 20.